The van der Waals surface area contributed by atoms with Crippen LogP contribution in [0.3, 0.4) is 0 Å². The van der Waals surface area contributed by atoms with Gasteiger partial charge in [0.1, 0.15) is 18.1 Å². The van der Waals surface area contributed by atoms with E-state index in [4.69, 9.17) is 23.7 Å². The lowest BCUT2D eigenvalue weighted by atomic mass is 9.96. The average molecular weight is 638 g/mol. The van der Waals surface area contributed by atoms with Gasteiger partial charge in [0, 0.05) is 24.8 Å². The molecule has 0 fully saturated rings. The monoisotopic (exact) mass is 637 g/mol. The molecule has 5 rings (SSSR count). The first-order chi connectivity index (χ1) is 23.1. The summed E-state index contributed by atoms with van der Waals surface area (Å²) in [5.41, 5.74) is 4.48. The third-order valence-corrected chi connectivity index (χ3v) is 7.56. The van der Waals surface area contributed by atoms with E-state index in [2.05, 4.69) is 4.98 Å². The highest BCUT2D eigenvalue weighted by atomic mass is 16.5. The number of esters is 2. The lowest BCUT2D eigenvalue weighted by Gasteiger charge is -2.21. The summed E-state index contributed by atoms with van der Waals surface area (Å²) >= 11 is 0. The molecule has 0 spiro atoms. The predicted molar refractivity (Wildman–Crippen MR) is 177 cm³/mol. The number of carbonyl (C=O) groups excluding carboxylic acids is 2. The smallest absolute Gasteiger partial charge is 0.354 e. The van der Waals surface area contributed by atoms with Gasteiger partial charge in [-0.25, -0.2) is 9.59 Å². The second-order valence-electron chi connectivity index (χ2n) is 11.0. The number of aliphatic hydroxyl groups is 1. The number of H-pyrrole nitrogens is 1. The van der Waals surface area contributed by atoms with E-state index in [9.17, 15) is 14.7 Å². The van der Waals surface area contributed by atoms with E-state index in [-0.39, 0.29) is 44.1 Å². The summed E-state index contributed by atoms with van der Waals surface area (Å²) in [5.74, 6) is -0.767. The summed E-state index contributed by atoms with van der Waals surface area (Å²) in [6.07, 6.45) is 0.180. The molecule has 244 valence electrons. The molecule has 0 unspecified atom stereocenters. The highest BCUT2D eigenvalue weighted by molar-refractivity contribution is 6.04. The van der Waals surface area contributed by atoms with Crippen LogP contribution in [0.2, 0.25) is 0 Å². The summed E-state index contributed by atoms with van der Waals surface area (Å²) in [6, 6.07) is 32.4. The molecule has 0 saturated heterocycles. The number of hydrogen-bond acceptors (Lipinski definition) is 8. The van der Waals surface area contributed by atoms with Crippen molar-refractivity contribution < 1.29 is 38.4 Å². The van der Waals surface area contributed by atoms with Crippen LogP contribution in [0, 0.1) is 0 Å². The van der Waals surface area contributed by atoms with Crippen molar-refractivity contribution in [3.05, 3.63) is 137 Å². The standard InChI is InChI=1S/C38H39NO8/c1-43-38(42)34-21-32-31(20-30(46-24-28-14-7-3-8-15-28)26-44-23-27-12-5-2-6-13-27)33(22-35(36(32)39-34)45-19-11-18-40)37(41)47-25-29-16-9-4-10-17-29/h2-10,12-17,21-22,30,39-40H,11,18-20,23-26H2,1H3/t30-/m0/s1. The molecule has 0 aliphatic heterocycles. The molecule has 47 heavy (non-hydrogen) atoms. The van der Waals surface area contributed by atoms with Crippen LogP contribution < -0.4 is 4.74 Å². The fourth-order valence-electron chi connectivity index (χ4n) is 5.17. The van der Waals surface area contributed by atoms with E-state index < -0.39 is 18.0 Å². The van der Waals surface area contributed by atoms with Crippen molar-refractivity contribution in [3.63, 3.8) is 0 Å². The minimum absolute atomic E-state index is 0.0608. The summed E-state index contributed by atoms with van der Waals surface area (Å²) in [7, 11) is 1.30. The van der Waals surface area contributed by atoms with Gasteiger partial charge < -0.3 is 33.8 Å². The highest BCUT2D eigenvalue weighted by Gasteiger charge is 2.26. The molecule has 0 aliphatic carbocycles. The number of nitrogens with one attached hydrogen (secondary N) is 1. The molecule has 1 heterocycles. The van der Waals surface area contributed by atoms with Crippen LogP contribution in [-0.2, 0) is 45.2 Å². The number of benzene rings is 4. The number of aromatic amines is 1. The van der Waals surface area contributed by atoms with Crippen molar-refractivity contribution in [2.45, 2.75) is 38.8 Å². The Hall–Kier alpha value is -4.96. The predicted octanol–water partition coefficient (Wildman–Crippen LogP) is 6.42. The molecule has 9 heteroatoms. The van der Waals surface area contributed by atoms with E-state index in [0.717, 1.165) is 16.7 Å². The van der Waals surface area contributed by atoms with Gasteiger partial charge in [0.25, 0.3) is 0 Å². The Bertz CT molecular complexity index is 1720. The van der Waals surface area contributed by atoms with Crippen LogP contribution in [0.4, 0.5) is 0 Å². The Labute approximate surface area is 274 Å². The van der Waals surface area contributed by atoms with Gasteiger partial charge in [0.2, 0.25) is 0 Å². The van der Waals surface area contributed by atoms with Crippen molar-refractivity contribution in [1.29, 1.82) is 0 Å². The summed E-state index contributed by atoms with van der Waals surface area (Å²) < 4.78 is 29.4. The number of fused-ring (bicyclic) bond motifs is 1. The molecule has 4 aromatic carbocycles. The topological polar surface area (TPSA) is 116 Å². The number of hydrogen-bond donors (Lipinski definition) is 2. The van der Waals surface area contributed by atoms with Gasteiger partial charge in [-0.3, -0.25) is 0 Å². The van der Waals surface area contributed by atoms with Gasteiger partial charge in [-0.05, 0) is 34.4 Å². The highest BCUT2D eigenvalue weighted by Crippen LogP contribution is 2.34. The summed E-state index contributed by atoms with van der Waals surface area (Å²) in [5, 5.41) is 9.95. The Balaban J connectivity index is 1.52. The van der Waals surface area contributed by atoms with Crippen LogP contribution >= 0.6 is 0 Å². The van der Waals surface area contributed by atoms with E-state index in [0.29, 0.717) is 41.9 Å². The molecular formula is C38H39NO8. The van der Waals surface area contributed by atoms with Crippen molar-refractivity contribution in [3.8, 4) is 5.75 Å². The molecule has 1 atom stereocenters. The van der Waals surface area contributed by atoms with Crippen LogP contribution in [0.25, 0.3) is 10.9 Å². The zero-order chi connectivity index (χ0) is 32.8. The first-order valence-corrected chi connectivity index (χ1v) is 15.5. The average Bonchev–Trinajstić information content (AvgIpc) is 3.57. The minimum Gasteiger partial charge on any atom is -0.491 e. The second-order valence-corrected chi connectivity index (χ2v) is 11.0. The third kappa shape index (κ3) is 9.29. The number of aliphatic hydroxyl groups excluding tert-OH is 1. The maximum atomic E-state index is 13.8. The minimum atomic E-state index is -0.565. The van der Waals surface area contributed by atoms with E-state index in [1.807, 2.05) is 91.0 Å². The molecule has 0 aliphatic rings. The van der Waals surface area contributed by atoms with Crippen molar-refractivity contribution >= 4 is 22.8 Å². The van der Waals surface area contributed by atoms with Gasteiger partial charge in [0.15, 0.2) is 0 Å². The molecule has 0 saturated carbocycles. The summed E-state index contributed by atoms with van der Waals surface area (Å²) in [4.78, 5) is 29.6. The van der Waals surface area contributed by atoms with E-state index >= 15 is 0 Å². The van der Waals surface area contributed by atoms with Crippen LogP contribution in [-0.4, -0.2) is 55.1 Å². The van der Waals surface area contributed by atoms with Gasteiger partial charge in [-0.1, -0.05) is 91.0 Å². The number of ether oxygens (including phenoxy) is 5. The number of carbonyl (C=O) groups is 2. The quantitative estimate of drug-likeness (QED) is 0.0887. The fourth-order valence-corrected chi connectivity index (χ4v) is 5.17. The second kappa shape index (κ2) is 17.1. The van der Waals surface area contributed by atoms with E-state index in [1.165, 1.54) is 7.11 Å². The lowest BCUT2D eigenvalue weighted by molar-refractivity contribution is -0.0289. The summed E-state index contributed by atoms with van der Waals surface area (Å²) in [6.45, 7) is 1.18. The van der Waals surface area contributed by atoms with Gasteiger partial charge in [-0.2, -0.15) is 0 Å². The molecule has 0 bridgehead atoms. The molecule has 9 nitrogen and oxygen atoms in total. The molecule has 1 aromatic heterocycles. The Kier molecular flexibility index (Phi) is 12.1. The third-order valence-electron chi connectivity index (χ3n) is 7.56. The van der Waals surface area contributed by atoms with Crippen LogP contribution in [0.5, 0.6) is 5.75 Å². The van der Waals surface area contributed by atoms with Gasteiger partial charge >= 0.3 is 11.9 Å². The van der Waals surface area contributed by atoms with Crippen molar-refractivity contribution in [1.82, 2.24) is 4.98 Å². The van der Waals surface area contributed by atoms with Gasteiger partial charge in [-0.15, -0.1) is 0 Å². The zero-order valence-corrected chi connectivity index (χ0v) is 26.4. The van der Waals surface area contributed by atoms with Gasteiger partial charge in [0.05, 0.1) is 50.7 Å². The van der Waals surface area contributed by atoms with Crippen LogP contribution in [0.15, 0.2) is 103 Å². The SMILES string of the molecule is COC(=O)c1cc2c(C[C@@H](COCc3ccccc3)OCc3ccccc3)c(C(=O)OCc3ccccc3)cc(OCCCO)c2[nH]1. The molecule has 0 radical (unpaired) electrons. The molecule has 5 aromatic rings. The maximum absolute atomic E-state index is 13.8. The first kappa shape index (κ1) is 33.4. The fraction of sp³-hybridized carbons (Fsp3) is 0.263. The Morgan fingerprint density at radius 2 is 1.40 bits per heavy atom. The Morgan fingerprint density at radius 1 is 0.787 bits per heavy atom. The normalized spacial score (nSPS) is 11.7. The molecule has 0 amide bonds. The first-order valence-electron chi connectivity index (χ1n) is 15.5. The largest absolute Gasteiger partial charge is 0.491 e. The maximum Gasteiger partial charge on any atom is 0.354 e. The van der Waals surface area contributed by atoms with Crippen LogP contribution in [0.1, 0.15) is 49.5 Å². The zero-order valence-electron chi connectivity index (χ0n) is 26.4. The molecular weight excluding hydrogens is 598 g/mol. The molecule has 2 N–H and O–H groups in total. The lowest BCUT2D eigenvalue weighted by Crippen LogP contribution is -2.24. The Morgan fingerprint density at radius 3 is 2.02 bits per heavy atom. The van der Waals surface area contributed by atoms with Crippen molar-refractivity contribution in [2.75, 3.05) is 26.9 Å². The van der Waals surface area contributed by atoms with Crippen molar-refractivity contribution in [2.24, 2.45) is 0 Å². The van der Waals surface area contributed by atoms with E-state index in [1.54, 1.807) is 12.1 Å². The number of methoxy groups -OCH3 is 1. The number of rotatable bonds is 17. The number of aromatic nitrogens is 1.